The second-order valence-electron chi connectivity index (χ2n) is 10.5. The Hall–Kier alpha value is -2.55. The van der Waals surface area contributed by atoms with Gasteiger partial charge in [0.25, 0.3) is 0 Å². The summed E-state index contributed by atoms with van der Waals surface area (Å²) < 4.78 is 19.3. The number of amides is 1. The molecule has 0 unspecified atom stereocenters. The van der Waals surface area contributed by atoms with Crippen LogP contribution in [0, 0.1) is 6.92 Å². The predicted molar refractivity (Wildman–Crippen MR) is 140 cm³/mol. The molecule has 0 saturated carbocycles. The number of carbonyl (C=O) groups is 1. The number of benzene rings is 1. The van der Waals surface area contributed by atoms with Crippen LogP contribution in [0.3, 0.4) is 0 Å². The fraction of sp³-hybridized carbons (Fsp3) is 0.440. The van der Waals surface area contributed by atoms with Crippen LogP contribution >= 0.6 is 11.6 Å². The van der Waals surface area contributed by atoms with Gasteiger partial charge in [-0.15, -0.1) is 0 Å². The van der Waals surface area contributed by atoms with Gasteiger partial charge in [0.15, 0.2) is 0 Å². The van der Waals surface area contributed by atoms with Gasteiger partial charge in [-0.25, -0.2) is 9.78 Å². The Morgan fingerprint density at radius 2 is 1.94 bits per heavy atom. The number of fused-ring (bicyclic) bond motifs is 1. The highest BCUT2D eigenvalue weighted by molar-refractivity contribution is 6.76. The van der Waals surface area contributed by atoms with Gasteiger partial charge in [-0.3, -0.25) is 5.32 Å². The summed E-state index contributed by atoms with van der Waals surface area (Å²) in [6.07, 6.45) is 3.01. The van der Waals surface area contributed by atoms with Crippen LogP contribution in [0.4, 0.5) is 10.5 Å². The normalized spacial score (nSPS) is 12.1. The molecule has 34 heavy (non-hydrogen) atoms. The third-order valence-corrected chi connectivity index (χ3v) is 6.95. The predicted octanol–water partition coefficient (Wildman–Crippen LogP) is 7.45. The number of hydrogen-bond donors (Lipinski definition) is 1. The molecule has 9 heteroatoms. The molecule has 0 bridgehead atoms. The smallest absolute Gasteiger partial charge is 0.412 e. The third-order valence-electron chi connectivity index (χ3n) is 4.96. The highest BCUT2D eigenvalue weighted by atomic mass is 35.5. The van der Waals surface area contributed by atoms with Crippen molar-refractivity contribution in [1.29, 1.82) is 0 Å². The van der Waals surface area contributed by atoms with E-state index < -0.39 is 19.8 Å². The van der Waals surface area contributed by atoms with Crippen molar-refractivity contribution in [3.63, 3.8) is 0 Å². The van der Waals surface area contributed by atoms with Gasteiger partial charge in [-0.1, -0.05) is 31.2 Å². The summed E-state index contributed by atoms with van der Waals surface area (Å²) in [5.74, 6) is 1.22. The molecule has 1 N–H and O–H groups in total. The maximum absolute atomic E-state index is 12.1. The van der Waals surface area contributed by atoms with Gasteiger partial charge in [0, 0.05) is 32.8 Å². The zero-order valence-electron chi connectivity index (χ0n) is 21.0. The van der Waals surface area contributed by atoms with Crippen LogP contribution < -0.4 is 10.1 Å². The molecule has 0 aliphatic rings. The van der Waals surface area contributed by atoms with Gasteiger partial charge in [-0.2, -0.15) is 0 Å². The van der Waals surface area contributed by atoms with E-state index >= 15 is 0 Å². The van der Waals surface area contributed by atoms with Crippen molar-refractivity contribution in [2.75, 3.05) is 11.9 Å². The highest BCUT2D eigenvalue weighted by Gasteiger charge is 2.18. The van der Waals surface area contributed by atoms with Crippen molar-refractivity contribution in [2.24, 2.45) is 0 Å². The molecule has 0 saturated heterocycles. The molecular formula is C25H34ClN3O4Si. The van der Waals surface area contributed by atoms with Crippen LogP contribution in [-0.2, 0) is 16.2 Å². The van der Waals surface area contributed by atoms with Crippen LogP contribution in [0.15, 0.2) is 36.7 Å². The summed E-state index contributed by atoms with van der Waals surface area (Å²) in [6.45, 7) is 15.4. The van der Waals surface area contributed by atoms with E-state index in [0.717, 1.165) is 17.0 Å². The number of rotatable bonds is 8. The van der Waals surface area contributed by atoms with Crippen LogP contribution in [0.25, 0.3) is 11.0 Å². The van der Waals surface area contributed by atoms with Crippen molar-refractivity contribution < 1.29 is 19.0 Å². The van der Waals surface area contributed by atoms with Crippen LogP contribution in [-0.4, -0.2) is 35.9 Å². The fourth-order valence-electron chi connectivity index (χ4n) is 3.24. The maximum Gasteiger partial charge on any atom is 0.412 e. The first-order chi connectivity index (χ1) is 15.8. The molecule has 2 aromatic heterocycles. The summed E-state index contributed by atoms with van der Waals surface area (Å²) in [5.41, 5.74) is 1.63. The Bertz CT molecular complexity index is 1170. The van der Waals surface area contributed by atoms with Gasteiger partial charge < -0.3 is 18.8 Å². The summed E-state index contributed by atoms with van der Waals surface area (Å²) >= 11 is 6.55. The number of ether oxygens (including phenoxy) is 3. The lowest BCUT2D eigenvalue weighted by Crippen LogP contribution is -2.27. The van der Waals surface area contributed by atoms with Gasteiger partial charge in [0.1, 0.15) is 29.5 Å². The van der Waals surface area contributed by atoms with E-state index in [1.807, 2.05) is 44.5 Å². The van der Waals surface area contributed by atoms with Gasteiger partial charge in [-0.05, 0) is 63.6 Å². The van der Waals surface area contributed by atoms with Crippen LogP contribution in [0.2, 0.25) is 30.7 Å². The average molecular weight is 504 g/mol. The molecule has 0 aliphatic heterocycles. The summed E-state index contributed by atoms with van der Waals surface area (Å²) in [7, 11) is -1.15. The number of halogens is 1. The minimum absolute atomic E-state index is 0.383. The van der Waals surface area contributed by atoms with E-state index in [1.165, 1.54) is 0 Å². The van der Waals surface area contributed by atoms with Crippen LogP contribution in [0.5, 0.6) is 11.5 Å². The number of aromatic nitrogens is 2. The molecular weight excluding hydrogens is 470 g/mol. The van der Waals surface area contributed by atoms with Crippen molar-refractivity contribution in [3.05, 3.63) is 47.2 Å². The molecule has 184 valence electrons. The topological polar surface area (TPSA) is 74.6 Å². The molecule has 0 aliphatic carbocycles. The third kappa shape index (κ3) is 7.22. The Balaban J connectivity index is 1.74. The first kappa shape index (κ1) is 26.1. The SMILES string of the molecule is Cc1cc(Oc2ccnc3c2c(Cl)cn3COCC[Si](C)(C)C)ccc1NC(=O)OC(C)(C)C. The lowest BCUT2D eigenvalue weighted by Gasteiger charge is -2.20. The molecule has 2 heterocycles. The van der Waals surface area contributed by atoms with Crippen LogP contribution in [0.1, 0.15) is 26.3 Å². The van der Waals surface area contributed by atoms with Crippen molar-refractivity contribution in [1.82, 2.24) is 9.55 Å². The molecule has 0 fully saturated rings. The monoisotopic (exact) mass is 503 g/mol. The molecule has 1 aromatic carbocycles. The Morgan fingerprint density at radius 3 is 2.59 bits per heavy atom. The zero-order valence-corrected chi connectivity index (χ0v) is 22.7. The second kappa shape index (κ2) is 10.4. The number of nitrogens with zero attached hydrogens (tertiary/aromatic N) is 2. The van der Waals surface area contributed by atoms with Gasteiger partial charge >= 0.3 is 6.09 Å². The molecule has 7 nitrogen and oxygen atoms in total. The van der Waals surface area contributed by atoms with E-state index in [4.69, 9.17) is 25.8 Å². The number of pyridine rings is 1. The van der Waals surface area contributed by atoms with E-state index in [0.29, 0.717) is 41.2 Å². The fourth-order valence-corrected chi connectivity index (χ4v) is 4.30. The maximum atomic E-state index is 12.1. The molecule has 3 aromatic rings. The zero-order chi connectivity index (χ0) is 25.1. The van der Waals surface area contributed by atoms with Gasteiger partial charge in [0.05, 0.1) is 10.4 Å². The number of aryl methyl sites for hydroxylation is 1. The average Bonchev–Trinajstić information content (AvgIpc) is 3.02. The van der Waals surface area contributed by atoms with Crippen molar-refractivity contribution in [3.8, 4) is 11.5 Å². The number of nitrogens with one attached hydrogen (secondary N) is 1. The first-order valence-corrected chi connectivity index (χ1v) is 15.4. The molecule has 0 atom stereocenters. The van der Waals surface area contributed by atoms with Crippen molar-refractivity contribution in [2.45, 2.75) is 65.7 Å². The largest absolute Gasteiger partial charge is 0.456 e. The van der Waals surface area contributed by atoms with Gasteiger partial charge in [0.2, 0.25) is 0 Å². The Labute approximate surface area is 207 Å². The minimum Gasteiger partial charge on any atom is -0.456 e. The summed E-state index contributed by atoms with van der Waals surface area (Å²) in [6, 6.07) is 8.30. The first-order valence-electron chi connectivity index (χ1n) is 11.3. The molecule has 0 spiro atoms. The Kier molecular flexibility index (Phi) is 7.95. The minimum atomic E-state index is -1.15. The highest BCUT2D eigenvalue weighted by Crippen LogP contribution is 2.36. The van der Waals surface area contributed by atoms with E-state index in [2.05, 4.69) is 29.9 Å². The standard InChI is InChI=1S/C25H34ClN3O4Si/c1-17-14-18(8-9-20(17)28-24(30)33-25(2,3)4)32-21-10-11-27-23-22(21)19(26)15-29(23)16-31-12-13-34(5,6)7/h8-11,14-15H,12-13,16H2,1-7H3,(H,28,30). The number of carbonyl (C=O) groups excluding carboxylic acids is 1. The summed E-state index contributed by atoms with van der Waals surface area (Å²) in [4.78, 5) is 16.6. The van der Waals surface area contributed by atoms with Crippen molar-refractivity contribution >= 4 is 42.5 Å². The second-order valence-corrected chi connectivity index (χ2v) is 16.5. The van der Waals surface area contributed by atoms with E-state index in [9.17, 15) is 4.79 Å². The lowest BCUT2D eigenvalue weighted by atomic mass is 10.2. The van der Waals surface area contributed by atoms with E-state index in [-0.39, 0.29) is 0 Å². The summed E-state index contributed by atoms with van der Waals surface area (Å²) in [5, 5.41) is 4.05. The molecule has 1 amide bonds. The number of anilines is 1. The Morgan fingerprint density at radius 1 is 1.21 bits per heavy atom. The number of hydrogen-bond acceptors (Lipinski definition) is 5. The quantitative estimate of drug-likeness (QED) is 0.255. The lowest BCUT2D eigenvalue weighted by molar-refractivity contribution is 0.0635. The molecule has 3 rings (SSSR count). The molecule has 0 radical (unpaired) electrons. The van der Waals surface area contributed by atoms with E-state index in [1.54, 1.807) is 24.4 Å².